The van der Waals surface area contributed by atoms with Gasteiger partial charge in [-0.2, -0.15) is 0 Å². The van der Waals surface area contributed by atoms with Gasteiger partial charge in [0.05, 0.1) is 6.10 Å². The van der Waals surface area contributed by atoms with Crippen LogP contribution in [0.25, 0.3) is 0 Å². The van der Waals surface area contributed by atoms with Gasteiger partial charge in [-0.3, -0.25) is 0 Å². The molecule has 0 saturated heterocycles. The third kappa shape index (κ3) is 6.02. The minimum Gasteiger partial charge on any atom is -0.391 e. The van der Waals surface area contributed by atoms with Crippen molar-refractivity contribution < 1.29 is 14.3 Å². The van der Waals surface area contributed by atoms with Gasteiger partial charge in [0.1, 0.15) is 5.82 Å². The number of aryl methyl sites for hydroxylation is 1. The molecule has 0 heterocycles. The number of hydrogen-bond donors (Lipinski definition) is 3. The second-order valence-electron chi connectivity index (χ2n) is 4.90. The fraction of sp³-hybridized carbons (Fsp3) is 0.533. The molecule has 0 aliphatic heterocycles. The number of amides is 2. The second kappa shape index (κ2) is 8.53. The summed E-state index contributed by atoms with van der Waals surface area (Å²) in [5.41, 5.74) is 1.89. The Bertz CT molecular complexity index is 438. The van der Waals surface area contributed by atoms with E-state index < -0.39 is 6.10 Å². The molecule has 3 N–H and O–H groups in total. The van der Waals surface area contributed by atoms with E-state index in [1.807, 2.05) is 13.8 Å². The van der Waals surface area contributed by atoms with Gasteiger partial charge in [-0.05, 0) is 43.0 Å². The number of benzene rings is 1. The molecule has 2 amide bonds. The van der Waals surface area contributed by atoms with Crippen molar-refractivity contribution >= 4 is 6.03 Å². The van der Waals surface area contributed by atoms with E-state index in [1.54, 1.807) is 6.07 Å². The topological polar surface area (TPSA) is 61.4 Å². The minimum absolute atomic E-state index is 0.248. The van der Waals surface area contributed by atoms with Crippen LogP contribution in [0.5, 0.6) is 0 Å². The lowest BCUT2D eigenvalue weighted by atomic mass is 10.1. The molecule has 5 heteroatoms. The van der Waals surface area contributed by atoms with Gasteiger partial charge in [0, 0.05) is 13.1 Å². The first-order valence-electron chi connectivity index (χ1n) is 6.97. The molecule has 0 aromatic heterocycles. The van der Waals surface area contributed by atoms with Crippen LogP contribution in [0, 0.1) is 12.7 Å². The molecule has 112 valence electrons. The van der Waals surface area contributed by atoms with E-state index in [4.69, 9.17) is 0 Å². The summed E-state index contributed by atoms with van der Waals surface area (Å²) in [5.74, 6) is -0.248. The van der Waals surface area contributed by atoms with Crippen LogP contribution in [0.4, 0.5) is 9.18 Å². The van der Waals surface area contributed by atoms with Crippen LogP contribution in [0.2, 0.25) is 0 Å². The van der Waals surface area contributed by atoms with Gasteiger partial charge in [0.25, 0.3) is 0 Å². The summed E-state index contributed by atoms with van der Waals surface area (Å²) in [4.78, 5) is 11.5. The SMILES string of the molecule is CCCC(O)CNC(=O)NCCc1ccc(F)cc1C. The maximum Gasteiger partial charge on any atom is 0.314 e. The van der Waals surface area contributed by atoms with Gasteiger partial charge in [-0.1, -0.05) is 19.4 Å². The molecule has 20 heavy (non-hydrogen) atoms. The number of carbonyl (C=O) groups excluding carboxylic acids is 1. The van der Waals surface area contributed by atoms with Crippen LogP contribution in [0.3, 0.4) is 0 Å². The van der Waals surface area contributed by atoms with Crippen LogP contribution < -0.4 is 10.6 Å². The molecule has 4 nitrogen and oxygen atoms in total. The van der Waals surface area contributed by atoms with Crippen LogP contribution in [0.15, 0.2) is 18.2 Å². The Morgan fingerprint density at radius 1 is 1.40 bits per heavy atom. The van der Waals surface area contributed by atoms with Gasteiger partial charge < -0.3 is 15.7 Å². The normalized spacial score (nSPS) is 12.0. The molecule has 0 aliphatic rings. The van der Waals surface area contributed by atoms with Gasteiger partial charge in [-0.15, -0.1) is 0 Å². The van der Waals surface area contributed by atoms with Crippen molar-refractivity contribution in [3.8, 4) is 0 Å². The highest BCUT2D eigenvalue weighted by Gasteiger charge is 2.06. The molecule has 1 unspecified atom stereocenters. The van der Waals surface area contributed by atoms with Gasteiger partial charge in [0.2, 0.25) is 0 Å². The maximum absolute atomic E-state index is 12.9. The summed E-state index contributed by atoms with van der Waals surface area (Å²) < 4.78 is 12.9. The summed E-state index contributed by atoms with van der Waals surface area (Å²) in [6.45, 7) is 4.56. The Labute approximate surface area is 119 Å². The first-order valence-corrected chi connectivity index (χ1v) is 6.97. The Kier molecular flexibility index (Phi) is 7.01. The van der Waals surface area contributed by atoms with E-state index >= 15 is 0 Å². The van der Waals surface area contributed by atoms with Crippen LogP contribution in [-0.4, -0.2) is 30.3 Å². The van der Waals surface area contributed by atoms with Crippen LogP contribution >= 0.6 is 0 Å². The number of aliphatic hydroxyl groups excluding tert-OH is 1. The van der Waals surface area contributed by atoms with Crippen molar-refractivity contribution in [1.82, 2.24) is 10.6 Å². The number of urea groups is 1. The third-order valence-corrected chi connectivity index (χ3v) is 3.10. The van der Waals surface area contributed by atoms with Crippen molar-refractivity contribution in [3.05, 3.63) is 35.1 Å². The molecule has 1 aromatic carbocycles. The third-order valence-electron chi connectivity index (χ3n) is 3.10. The van der Waals surface area contributed by atoms with Crippen LogP contribution in [0.1, 0.15) is 30.9 Å². The Balaban J connectivity index is 2.24. The zero-order valence-corrected chi connectivity index (χ0v) is 12.1. The molecular formula is C15H23FN2O2. The van der Waals surface area contributed by atoms with Crippen molar-refractivity contribution in [2.24, 2.45) is 0 Å². The standard InChI is InChI=1S/C15H23FN2O2/c1-3-4-14(19)10-18-15(20)17-8-7-12-5-6-13(16)9-11(12)2/h5-6,9,14,19H,3-4,7-8,10H2,1-2H3,(H2,17,18,20). The minimum atomic E-state index is -0.495. The van der Waals surface area contributed by atoms with E-state index in [9.17, 15) is 14.3 Å². The quantitative estimate of drug-likeness (QED) is 0.717. The Morgan fingerprint density at radius 3 is 2.80 bits per heavy atom. The van der Waals surface area contributed by atoms with Crippen molar-refractivity contribution in [3.63, 3.8) is 0 Å². The van der Waals surface area contributed by atoms with Crippen molar-refractivity contribution in [2.45, 2.75) is 39.2 Å². The van der Waals surface area contributed by atoms with Gasteiger partial charge >= 0.3 is 6.03 Å². The lowest BCUT2D eigenvalue weighted by molar-refractivity contribution is 0.160. The Morgan fingerprint density at radius 2 is 2.15 bits per heavy atom. The molecule has 0 bridgehead atoms. The monoisotopic (exact) mass is 282 g/mol. The molecule has 0 saturated carbocycles. The highest BCUT2D eigenvalue weighted by atomic mass is 19.1. The van der Waals surface area contributed by atoms with Gasteiger partial charge in [-0.25, -0.2) is 9.18 Å². The molecule has 0 spiro atoms. The lowest BCUT2D eigenvalue weighted by Gasteiger charge is -2.12. The average molecular weight is 282 g/mol. The molecule has 1 atom stereocenters. The largest absolute Gasteiger partial charge is 0.391 e. The summed E-state index contributed by atoms with van der Waals surface area (Å²) >= 11 is 0. The molecule has 0 radical (unpaired) electrons. The summed E-state index contributed by atoms with van der Waals surface area (Å²) in [5, 5.41) is 14.8. The zero-order valence-electron chi connectivity index (χ0n) is 12.1. The smallest absolute Gasteiger partial charge is 0.314 e. The fourth-order valence-corrected chi connectivity index (χ4v) is 1.96. The highest BCUT2D eigenvalue weighted by molar-refractivity contribution is 5.73. The molecule has 1 aromatic rings. The number of rotatable bonds is 7. The Hall–Kier alpha value is -1.62. The van der Waals surface area contributed by atoms with Crippen molar-refractivity contribution in [2.75, 3.05) is 13.1 Å². The predicted molar refractivity (Wildman–Crippen MR) is 77.2 cm³/mol. The van der Waals surface area contributed by atoms with Crippen LogP contribution in [-0.2, 0) is 6.42 Å². The number of carbonyl (C=O) groups is 1. The maximum atomic E-state index is 12.9. The molecule has 1 rings (SSSR count). The predicted octanol–water partition coefficient (Wildman–Crippen LogP) is 2.14. The second-order valence-corrected chi connectivity index (χ2v) is 4.90. The summed E-state index contributed by atoms with van der Waals surface area (Å²) in [6, 6.07) is 4.34. The first-order chi connectivity index (χ1) is 9.52. The molecule has 0 fully saturated rings. The fourth-order valence-electron chi connectivity index (χ4n) is 1.96. The van der Waals surface area contributed by atoms with E-state index in [1.165, 1.54) is 12.1 Å². The lowest BCUT2D eigenvalue weighted by Crippen LogP contribution is -2.40. The number of hydrogen-bond acceptors (Lipinski definition) is 2. The number of aliphatic hydroxyl groups is 1. The van der Waals surface area contributed by atoms with Gasteiger partial charge in [0.15, 0.2) is 0 Å². The van der Waals surface area contributed by atoms with E-state index in [0.29, 0.717) is 19.4 Å². The summed E-state index contributed by atoms with van der Waals surface area (Å²) in [6.07, 6.45) is 1.71. The average Bonchev–Trinajstić information content (AvgIpc) is 2.39. The summed E-state index contributed by atoms with van der Waals surface area (Å²) in [7, 11) is 0. The highest BCUT2D eigenvalue weighted by Crippen LogP contribution is 2.10. The van der Waals surface area contributed by atoms with E-state index in [0.717, 1.165) is 17.5 Å². The zero-order chi connectivity index (χ0) is 15.0. The molecular weight excluding hydrogens is 259 g/mol. The van der Waals surface area contributed by atoms with E-state index in [-0.39, 0.29) is 18.4 Å². The van der Waals surface area contributed by atoms with E-state index in [2.05, 4.69) is 10.6 Å². The molecule has 0 aliphatic carbocycles. The van der Waals surface area contributed by atoms with Crippen molar-refractivity contribution in [1.29, 1.82) is 0 Å². The first kappa shape index (κ1) is 16.4. The number of halogens is 1. The number of nitrogens with one attached hydrogen (secondary N) is 2.